The number of nitrogens with zero attached hydrogens (tertiary/aromatic N) is 3. The zero-order valence-electron chi connectivity index (χ0n) is 22.2. The summed E-state index contributed by atoms with van der Waals surface area (Å²) in [6, 6.07) is 2.96. The molecular formula is C26H35N5O7. The zero-order valence-corrected chi connectivity index (χ0v) is 22.2. The molecule has 1 aliphatic heterocycles. The van der Waals surface area contributed by atoms with Crippen molar-refractivity contribution in [2.75, 3.05) is 26.7 Å². The number of nitrogens with one attached hydrogen (secondary N) is 2. The average Bonchev–Trinajstić information content (AvgIpc) is 3.53. The van der Waals surface area contributed by atoms with Crippen molar-refractivity contribution in [3.63, 3.8) is 0 Å². The van der Waals surface area contributed by atoms with Gasteiger partial charge in [-0.3, -0.25) is 24.1 Å². The molecule has 1 aliphatic rings. The molecule has 38 heavy (non-hydrogen) atoms. The average molecular weight is 530 g/mol. The Balaban J connectivity index is 1.70. The molecule has 12 nitrogen and oxygen atoms in total. The third kappa shape index (κ3) is 7.85. The van der Waals surface area contributed by atoms with Crippen LogP contribution in [0.5, 0.6) is 5.75 Å². The number of likely N-dealkylation sites (tertiary alicyclic amines) is 1. The van der Waals surface area contributed by atoms with Gasteiger partial charge in [-0.05, 0) is 57.0 Å². The number of hydrogen-bond acceptors (Lipinski definition) is 9. The molecule has 2 aromatic rings. The van der Waals surface area contributed by atoms with E-state index in [9.17, 15) is 24.3 Å². The number of benzene rings is 1. The fourth-order valence-corrected chi connectivity index (χ4v) is 4.35. The molecule has 2 amide bonds. The Hall–Kier alpha value is -3.80. The lowest BCUT2D eigenvalue weighted by atomic mass is 10.0. The van der Waals surface area contributed by atoms with E-state index >= 15 is 0 Å². The van der Waals surface area contributed by atoms with Crippen molar-refractivity contribution in [2.24, 2.45) is 5.92 Å². The first-order valence-electron chi connectivity index (χ1n) is 12.6. The van der Waals surface area contributed by atoms with Crippen LogP contribution in [-0.2, 0) is 25.6 Å². The van der Waals surface area contributed by atoms with E-state index < -0.39 is 36.3 Å². The van der Waals surface area contributed by atoms with Gasteiger partial charge in [-0.15, -0.1) is 0 Å². The monoisotopic (exact) mass is 529 g/mol. The van der Waals surface area contributed by atoms with E-state index in [1.807, 2.05) is 4.90 Å². The van der Waals surface area contributed by atoms with Crippen molar-refractivity contribution >= 4 is 23.6 Å². The number of carbonyl (C=O) groups is 4. The number of ether oxygens (including phenoxy) is 1. The van der Waals surface area contributed by atoms with Crippen LogP contribution < -0.4 is 15.4 Å². The van der Waals surface area contributed by atoms with Gasteiger partial charge in [0.15, 0.2) is 11.6 Å². The number of rotatable bonds is 13. The first-order chi connectivity index (χ1) is 18.1. The molecule has 0 radical (unpaired) electrons. The van der Waals surface area contributed by atoms with Gasteiger partial charge >= 0.3 is 5.97 Å². The number of ketones is 1. The van der Waals surface area contributed by atoms with Crippen molar-refractivity contribution in [3.8, 4) is 17.2 Å². The summed E-state index contributed by atoms with van der Waals surface area (Å²) in [6.45, 7) is 6.81. The second-order valence-electron chi connectivity index (χ2n) is 9.75. The largest absolute Gasteiger partial charge is 0.496 e. The number of amides is 2. The lowest BCUT2D eigenvalue weighted by Crippen LogP contribution is -2.55. The molecule has 1 aromatic carbocycles. The number of Topliss-reactive ketones (excluding diaryl/α,β-unsaturated/α-hetero) is 1. The van der Waals surface area contributed by atoms with Crippen LogP contribution in [0.25, 0.3) is 11.5 Å². The summed E-state index contributed by atoms with van der Waals surface area (Å²) in [6.07, 6.45) is 1.32. The van der Waals surface area contributed by atoms with E-state index in [1.165, 1.54) is 7.11 Å². The van der Waals surface area contributed by atoms with Gasteiger partial charge < -0.3 is 25.0 Å². The Morgan fingerprint density at radius 2 is 1.87 bits per heavy atom. The third-order valence-corrected chi connectivity index (χ3v) is 6.33. The van der Waals surface area contributed by atoms with Crippen LogP contribution in [0.1, 0.15) is 44.5 Å². The minimum atomic E-state index is -1.20. The lowest BCUT2D eigenvalue weighted by Gasteiger charge is -2.25. The summed E-state index contributed by atoms with van der Waals surface area (Å²) in [5.41, 5.74) is 1.16. The summed E-state index contributed by atoms with van der Waals surface area (Å²) in [5.74, 6) is -1.71. The third-order valence-electron chi connectivity index (χ3n) is 6.33. The Morgan fingerprint density at radius 3 is 2.45 bits per heavy atom. The van der Waals surface area contributed by atoms with Crippen LogP contribution in [0.2, 0.25) is 0 Å². The number of carboxylic acids is 1. The summed E-state index contributed by atoms with van der Waals surface area (Å²) < 4.78 is 10.6. The van der Waals surface area contributed by atoms with E-state index in [2.05, 4.69) is 20.8 Å². The van der Waals surface area contributed by atoms with Crippen molar-refractivity contribution in [1.29, 1.82) is 0 Å². The number of aromatic nitrogens is 2. The molecule has 2 heterocycles. The molecule has 206 valence electrons. The van der Waals surface area contributed by atoms with Crippen LogP contribution in [-0.4, -0.2) is 82.5 Å². The molecule has 1 saturated heterocycles. The van der Waals surface area contributed by atoms with Crippen LogP contribution in [0, 0.1) is 12.8 Å². The first kappa shape index (κ1) is 28.8. The molecular weight excluding hydrogens is 494 g/mol. The quantitative estimate of drug-likeness (QED) is 0.345. The molecule has 12 heteroatoms. The Labute approximate surface area is 221 Å². The summed E-state index contributed by atoms with van der Waals surface area (Å²) >= 11 is 0. The zero-order chi connectivity index (χ0) is 27.8. The molecule has 3 rings (SSSR count). The maximum atomic E-state index is 13.1. The summed E-state index contributed by atoms with van der Waals surface area (Å²) in [7, 11) is 1.49. The maximum absolute atomic E-state index is 13.1. The first-order valence-corrected chi connectivity index (χ1v) is 12.6. The minimum absolute atomic E-state index is 0.0760. The van der Waals surface area contributed by atoms with Crippen molar-refractivity contribution < 1.29 is 33.5 Å². The maximum Gasteiger partial charge on any atom is 0.305 e. The van der Waals surface area contributed by atoms with Crippen molar-refractivity contribution in [2.45, 2.75) is 58.5 Å². The van der Waals surface area contributed by atoms with E-state index in [0.717, 1.165) is 25.9 Å². The summed E-state index contributed by atoms with van der Waals surface area (Å²) in [4.78, 5) is 56.5. The van der Waals surface area contributed by atoms with Gasteiger partial charge in [0.05, 0.1) is 32.5 Å². The molecule has 0 unspecified atom stereocenters. The molecule has 0 saturated carbocycles. The van der Waals surface area contributed by atoms with Crippen LogP contribution in [0.3, 0.4) is 0 Å². The number of carbonyl (C=O) groups excluding carboxylic acids is 3. The fraction of sp³-hybridized carbons (Fsp3) is 0.538. The number of aryl methyl sites for hydroxylation is 1. The number of hydrogen-bond donors (Lipinski definition) is 3. The smallest absolute Gasteiger partial charge is 0.305 e. The molecule has 1 aromatic heterocycles. The Morgan fingerprint density at radius 1 is 1.16 bits per heavy atom. The van der Waals surface area contributed by atoms with Crippen molar-refractivity contribution in [1.82, 2.24) is 25.7 Å². The number of methoxy groups -OCH3 is 1. The second-order valence-corrected chi connectivity index (χ2v) is 9.75. The summed E-state index contributed by atoms with van der Waals surface area (Å²) in [5, 5.41) is 18.4. The topological polar surface area (TPSA) is 164 Å². The highest BCUT2D eigenvalue weighted by atomic mass is 16.5. The standard InChI is InChI=1S/C26H35N5O7/c1-15(2)24(25(36)28-19(13-23(34)35)20(32)14-31-9-5-6-10-31)29-22(33)12-18-11-17(7-8-21(18)37-4)26-27-16(3)30-38-26/h7-8,11,15,19,24H,5-6,9-10,12-14H2,1-4H3,(H,28,36)(H,29,33)(H,34,35)/t19-,24-/m0/s1. The van der Waals surface area contributed by atoms with E-state index in [1.54, 1.807) is 39.0 Å². The van der Waals surface area contributed by atoms with Gasteiger partial charge in [0.25, 0.3) is 5.89 Å². The Bertz CT molecular complexity index is 1160. The van der Waals surface area contributed by atoms with Gasteiger partial charge in [0.2, 0.25) is 11.8 Å². The normalized spacial score (nSPS) is 15.2. The highest BCUT2D eigenvalue weighted by Gasteiger charge is 2.31. The SMILES string of the molecule is COc1ccc(-c2nc(C)no2)cc1CC(=O)N[C@H](C(=O)N[C@@H](CC(=O)O)C(=O)CN1CCCC1)C(C)C. The van der Waals surface area contributed by atoms with Gasteiger partial charge in [0.1, 0.15) is 11.8 Å². The molecule has 0 aliphatic carbocycles. The molecule has 3 N–H and O–H groups in total. The molecule has 0 spiro atoms. The molecule has 2 atom stereocenters. The highest BCUT2D eigenvalue weighted by Crippen LogP contribution is 2.26. The number of aliphatic carboxylic acids is 1. The highest BCUT2D eigenvalue weighted by molar-refractivity contribution is 5.95. The predicted octanol–water partition coefficient (Wildman–Crippen LogP) is 1.36. The predicted molar refractivity (Wildman–Crippen MR) is 136 cm³/mol. The van der Waals surface area contributed by atoms with Crippen LogP contribution in [0.4, 0.5) is 0 Å². The van der Waals surface area contributed by atoms with Crippen LogP contribution in [0.15, 0.2) is 22.7 Å². The van der Waals surface area contributed by atoms with Crippen molar-refractivity contribution in [3.05, 3.63) is 29.6 Å². The van der Waals surface area contributed by atoms with Gasteiger partial charge in [-0.1, -0.05) is 19.0 Å². The minimum Gasteiger partial charge on any atom is -0.496 e. The molecule has 0 bridgehead atoms. The van der Waals surface area contributed by atoms with E-state index in [-0.39, 0.29) is 24.7 Å². The van der Waals surface area contributed by atoms with Crippen LogP contribution >= 0.6 is 0 Å². The van der Waals surface area contributed by atoms with E-state index in [0.29, 0.717) is 28.6 Å². The van der Waals surface area contributed by atoms with Gasteiger partial charge in [-0.2, -0.15) is 4.98 Å². The lowest BCUT2D eigenvalue weighted by molar-refractivity contribution is -0.141. The molecule has 1 fully saturated rings. The Kier molecular flexibility index (Phi) is 9.94. The van der Waals surface area contributed by atoms with Gasteiger partial charge in [-0.25, -0.2) is 0 Å². The second kappa shape index (κ2) is 13.1. The van der Waals surface area contributed by atoms with Gasteiger partial charge in [0, 0.05) is 11.1 Å². The number of carboxylic acid groups (broad SMARTS) is 1. The van der Waals surface area contributed by atoms with E-state index in [4.69, 9.17) is 9.26 Å². The fourth-order valence-electron chi connectivity index (χ4n) is 4.35.